The van der Waals surface area contributed by atoms with Gasteiger partial charge in [0.2, 0.25) is 0 Å². The van der Waals surface area contributed by atoms with Gasteiger partial charge in [-0.25, -0.2) is 0 Å². The van der Waals surface area contributed by atoms with Crippen LogP contribution in [0.1, 0.15) is 0 Å². The number of hydrazine groups is 1. The van der Waals surface area contributed by atoms with Crippen LogP contribution in [0, 0.1) is 20.2 Å². The number of nitrogens with two attached hydrogens (primary N) is 1. The summed E-state index contributed by atoms with van der Waals surface area (Å²) >= 11 is 0. The smallest absolute Gasteiger partial charge is 0.300 e. The molecule has 0 bridgehead atoms. The van der Waals surface area contributed by atoms with Gasteiger partial charge < -0.3 is 5.43 Å². The van der Waals surface area contributed by atoms with Crippen LogP contribution in [0.5, 0.6) is 0 Å². The maximum absolute atomic E-state index is 10.4. The summed E-state index contributed by atoms with van der Waals surface area (Å²) in [5, 5.41) is 20.7. The van der Waals surface area contributed by atoms with Crippen LogP contribution in [-0.4, -0.2) is 9.85 Å². The van der Waals surface area contributed by atoms with E-state index in [9.17, 15) is 20.2 Å². The number of anilines is 1. The highest BCUT2D eigenvalue weighted by Crippen LogP contribution is 2.27. The van der Waals surface area contributed by atoms with E-state index in [2.05, 4.69) is 5.43 Å². The molecule has 0 spiro atoms. The van der Waals surface area contributed by atoms with Gasteiger partial charge in [-0.1, -0.05) is 36.4 Å². The first-order chi connectivity index (χ1) is 9.56. The molecule has 0 aromatic heterocycles. The summed E-state index contributed by atoms with van der Waals surface area (Å²) in [6.07, 6.45) is 0. The molecule has 0 fully saturated rings. The van der Waals surface area contributed by atoms with Gasteiger partial charge in [0.05, 0.1) is 15.9 Å². The minimum Gasteiger partial charge on any atom is -0.318 e. The lowest BCUT2D eigenvalue weighted by atomic mass is 10.2. The molecule has 0 aliphatic rings. The predicted molar refractivity (Wildman–Crippen MR) is 74.0 cm³/mol. The van der Waals surface area contributed by atoms with Gasteiger partial charge >= 0.3 is 5.69 Å². The third-order valence-corrected chi connectivity index (χ3v) is 2.21. The number of nitrogen functional groups attached to an aromatic ring is 1. The highest BCUT2D eigenvalue weighted by Gasteiger charge is 2.18. The molecule has 0 radical (unpaired) electrons. The number of nitro groups is 2. The van der Waals surface area contributed by atoms with E-state index in [1.54, 1.807) is 0 Å². The summed E-state index contributed by atoms with van der Waals surface area (Å²) in [6.45, 7) is 0. The highest BCUT2D eigenvalue weighted by molar-refractivity contribution is 5.64. The van der Waals surface area contributed by atoms with E-state index in [1.807, 2.05) is 36.4 Å². The topological polar surface area (TPSA) is 124 Å². The Morgan fingerprint density at radius 1 is 0.900 bits per heavy atom. The zero-order chi connectivity index (χ0) is 15.0. The van der Waals surface area contributed by atoms with E-state index in [1.165, 1.54) is 6.07 Å². The van der Waals surface area contributed by atoms with Gasteiger partial charge in [0.25, 0.3) is 5.69 Å². The molecule has 104 valence electrons. The molecule has 20 heavy (non-hydrogen) atoms. The molecule has 0 aliphatic heterocycles. The molecule has 3 N–H and O–H groups in total. The van der Waals surface area contributed by atoms with Crippen molar-refractivity contribution in [3.8, 4) is 0 Å². The lowest BCUT2D eigenvalue weighted by Crippen LogP contribution is -2.09. The van der Waals surface area contributed by atoms with Crippen LogP contribution >= 0.6 is 0 Å². The Balaban J connectivity index is 0.000000276. The van der Waals surface area contributed by atoms with Gasteiger partial charge in [-0.15, -0.1) is 0 Å². The van der Waals surface area contributed by atoms with Gasteiger partial charge in [0.1, 0.15) is 5.69 Å². The summed E-state index contributed by atoms with van der Waals surface area (Å²) in [4.78, 5) is 19.3. The quantitative estimate of drug-likeness (QED) is 0.504. The lowest BCUT2D eigenvalue weighted by Gasteiger charge is -2.00. The van der Waals surface area contributed by atoms with E-state index in [4.69, 9.17) is 5.84 Å². The third kappa shape index (κ3) is 4.35. The summed E-state index contributed by atoms with van der Waals surface area (Å²) in [7, 11) is 0. The van der Waals surface area contributed by atoms with Gasteiger partial charge in [0.15, 0.2) is 0 Å². The van der Waals surface area contributed by atoms with Crippen molar-refractivity contribution in [1.29, 1.82) is 0 Å². The summed E-state index contributed by atoms with van der Waals surface area (Å²) in [5.41, 5.74) is 1.33. The Morgan fingerprint density at radius 2 is 1.40 bits per heavy atom. The summed E-state index contributed by atoms with van der Waals surface area (Å²) < 4.78 is 0. The van der Waals surface area contributed by atoms with E-state index in [-0.39, 0.29) is 11.4 Å². The molecule has 0 saturated heterocycles. The van der Waals surface area contributed by atoms with E-state index in [0.717, 1.165) is 12.1 Å². The van der Waals surface area contributed by atoms with Crippen molar-refractivity contribution in [2.75, 3.05) is 5.43 Å². The van der Waals surface area contributed by atoms with Crippen molar-refractivity contribution in [3.63, 3.8) is 0 Å². The average Bonchev–Trinajstić information content (AvgIpc) is 2.48. The Hall–Kier alpha value is -3.00. The summed E-state index contributed by atoms with van der Waals surface area (Å²) in [6, 6.07) is 15.1. The normalized spacial score (nSPS) is 9.05. The molecule has 0 heterocycles. The second-order valence-electron chi connectivity index (χ2n) is 3.51. The van der Waals surface area contributed by atoms with Crippen LogP contribution < -0.4 is 11.3 Å². The molecule has 2 aromatic carbocycles. The minimum absolute atomic E-state index is 0.0283. The van der Waals surface area contributed by atoms with Crippen molar-refractivity contribution in [3.05, 3.63) is 74.8 Å². The first-order valence-electron chi connectivity index (χ1n) is 5.45. The fourth-order valence-electron chi connectivity index (χ4n) is 1.29. The average molecular weight is 276 g/mol. The van der Waals surface area contributed by atoms with E-state index < -0.39 is 15.5 Å². The third-order valence-electron chi connectivity index (χ3n) is 2.21. The Morgan fingerprint density at radius 3 is 1.75 bits per heavy atom. The molecular weight excluding hydrogens is 264 g/mol. The maximum Gasteiger partial charge on any atom is 0.300 e. The number of benzene rings is 2. The Kier molecular flexibility index (Phi) is 5.60. The zero-order valence-electron chi connectivity index (χ0n) is 10.3. The number of nitrogens with one attached hydrogen (secondary N) is 1. The first kappa shape index (κ1) is 15.1. The number of hydrogen-bond donors (Lipinski definition) is 2. The van der Waals surface area contributed by atoms with Crippen LogP contribution in [0.4, 0.5) is 17.1 Å². The maximum atomic E-state index is 10.4. The van der Waals surface area contributed by atoms with Crippen LogP contribution in [0.25, 0.3) is 0 Å². The number of non-ortho nitro benzene ring substituents is 1. The van der Waals surface area contributed by atoms with Crippen molar-refractivity contribution in [2.24, 2.45) is 5.84 Å². The SMILES string of the molecule is NNc1ccc([N+](=O)[O-])cc1[N+](=O)[O-].c1ccccc1. The van der Waals surface area contributed by atoms with E-state index in [0.29, 0.717) is 0 Å². The number of hydrogen-bond acceptors (Lipinski definition) is 6. The fourth-order valence-corrected chi connectivity index (χ4v) is 1.29. The number of nitro benzene ring substituents is 2. The number of nitrogens with zero attached hydrogens (tertiary/aromatic N) is 2. The van der Waals surface area contributed by atoms with Crippen LogP contribution in [0.3, 0.4) is 0 Å². The van der Waals surface area contributed by atoms with E-state index >= 15 is 0 Å². The molecule has 8 nitrogen and oxygen atoms in total. The number of rotatable bonds is 3. The van der Waals surface area contributed by atoms with Crippen molar-refractivity contribution < 1.29 is 9.85 Å². The molecule has 0 unspecified atom stereocenters. The van der Waals surface area contributed by atoms with Gasteiger partial charge in [-0.2, -0.15) is 0 Å². The monoisotopic (exact) mass is 276 g/mol. The molecule has 0 saturated carbocycles. The fraction of sp³-hybridized carbons (Fsp3) is 0. The first-order valence-corrected chi connectivity index (χ1v) is 5.45. The second-order valence-corrected chi connectivity index (χ2v) is 3.51. The Labute approximate surface area is 114 Å². The minimum atomic E-state index is -0.748. The van der Waals surface area contributed by atoms with Crippen LogP contribution in [0.2, 0.25) is 0 Å². The lowest BCUT2D eigenvalue weighted by molar-refractivity contribution is -0.393. The molecule has 0 aliphatic carbocycles. The zero-order valence-corrected chi connectivity index (χ0v) is 10.3. The van der Waals surface area contributed by atoms with Crippen LogP contribution in [-0.2, 0) is 0 Å². The summed E-state index contributed by atoms with van der Waals surface area (Å²) in [5.74, 6) is 4.99. The van der Waals surface area contributed by atoms with Crippen molar-refractivity contribution in [1.82, 2.24) is 0 Å². The molecule has 2 aromatic rings. The predicted octanol–water partition coefficient (Wildman–Crippen LogP) is 2.48. The molecule has 8 heteroatoms. The van der Waals surface area contributed by atoms with Gasteiger partial charge in [0, 0.05) is 6.07 Å². The van der Waals surface area contributed by atoms with Gasteiger partial charge in [-0.05, 0) is 6.07 Å². The molecular formula is C12H12N4O4. The van der Waals surface area contributed by atoms with Crippen molar-refractivity contribution >= 4 is 17.1 Å². The molecule has 0 atom stereocenters. The molecule has 2 rings (SSSR count). The van der Waals surface area contributed by atoms with Gasteiger partial charge in [-0.3, -0.25) is 26.1 Å². The second kappa shape index (κ2) is 7.44. The Bertz CT molecular complexity index is 563. The standard InChI is InChI=1S/C6H6N4O4.C6H6/c7-8-5-2-1-4(9(11)12)3-6(5)10(13)14;1-2-4-6-5-3-1/h1-3,8H,7H2;1-6H. The highest BCUT2D eigenvalue weighted by atomic mass is 16.6. The molecule has 0 amide bonds. The van der Waals surface area contributed by atoms with Crippen LogP contribution in [0.15, 0.2) is 54.6 Å². The largest absolute Gasteiger partial charge is 0.318 e. The van der Waals surface area contributed by atoms with Crippen molar-refractivity contribution in [2.45, 2.75) is 0 Å².